The van der Waals surface area contributed by atoms with Crippen LogP contribution in [0.4, 0.5) is 5.69 Å². The largest absolute Gasteiger partial charge is 0.490 e. The highest BCUT2D eigenvalue weighted by atomic mass is 32.2. The minimum absolute atomic E-state index is 0.0763. The lowest BCUT2D eigenvalue weighted by Crippen LogP contribution is -2.19. The summed E-state index contributed by atoms with van der Waals surface area (Å²) in [5.74, 6) is -0.634. The molecule has 1 aliphatic rings. The average Bonchev–Trinajstić information content (AvgIpc) is 3.00. The van der Waals surface area contributed by atoms with Gasteiger partial charge in [-0.1, -0.05) is 36.9 Å². The number of carbonyl (C=O) groups excluding carboxylic acids is 1. The van der Waals surface area contributed by atoms with Gasteiger partial charge in [0.2, 0.25) is 0 Å². The first-order valence-corrected chi connectivity index (χ1v) is 8.84. The molecule has 0 radical (unpaired) electrons. The quantitative estimate of drug-likeness (QED) is 0.587. The molecule has 7 heteroatoms. The molecule has 0 aromatic heterocycles. The van der Waals surface area contributed by atoms with E-state index in [2.05, 4.69) is 16.9 Å². The van der Waals surface area contributed by atoms with Gasteiger partial charge in [0.1, 0.15) is 12.4 Å². The van der Waals surface area contributed by atoms with Crippen LogP contribution in [-0.4, -0.2) is 28.8 Å². The third-order valence-electron chi connectivity index (χ3n) is 3.55. The summed E-state index contributed by atoms with van der Waals surface area (Å²) in [5.41, 5.74) is 1.20. The smallest absolute Gasteiger partial charge is 0.337 e. The minimum Gasteiger partial charge on any atom is -0.490 e. The van der Waals surface area contributed by atoms with Crippen molar-refractivity contribution in [3.8, 4) is 5.75 Å². The van der Waals surface area contributed by atoms with Crippen LogP contribution in [0.15, 0.2) is 71.1 Å². The number of benzene rings is 2. The lowest BCUT2D eigenvalue weighted by atomic mass is 10.2. The van der Waals surface area contributed by atoms with Crippen LogP contribution in [0.25, 0.3) is 6.08 Å². The number of rotatable bonds is 6. The van der Waals surface area contributed by atoms with E-state index < -0.39 is 5.97 Å². The molecule has 27 heavy (non-hydrogen) atoms. The number of hydrogen-bond donors (Lipinski definition) is 2. The van der Waals surface area contributed by atoms with Crippen LogP contribution in [-0.2, 0) is 4.79 Å². The van der Waals surface area contributed by atoms with Crippen LogP contribution in [0.5, 0.6) is 5.75 Å². The number of thioether (sulfide) groups is 1. The molecule has 0 atom stereocenters. The minimum atomic E-state index is -1.07. The Labute approximate surface area is 160 Å². The van der Waals surface area contributed by atoms with E-state index in [-0.39, 0.29) is 17.2 Å². The molecule has 2 aromatic carbocycles. The SMILES string of the molecule is C=CCOc1ccc(/C=C2\SC(=Nc3ccccc3C(=O)O)NC2=O)cc1. The van der Waals surface area contributed by atoms with Crippen molar-refractivity contribution in [1.82, 2.24) is 5.32 Å². The second kappa shape index (κ2) is 8.37. The summed E-state index contributed by atoms with van der Waals surface area (Å²) >= 11 is 1.16. The molecule has 3 rings (SSSR count). The summed E-state index contributed by atoms with van der Waals surface area (Å²) in [6.07, 6.45) is 3.40. The number of carbonyl (C=O) groups is 2. The Morgan fingerprint density at radius 3 is 2.67 bits per heavy atom. The van der Waals surface area contributed by atoms with Crippen molar-refractivity contribution in [2.45, 2.75) is 0 Å². The van der Waals surface area contributed by atoms with Crippen molar-refractivity contribution in [3.63, 3.8) is 0 Å². The van der Waals surface area contributed by atoms with Crippen LogP contribution in [0, 0.1) is 0 Å². The summed E-state index contributed by atoms with van der Waals surface area (Å²) in [6, 6.07) is 13.7. The van der Waals surface area contributed by atoms with Gasteiger partial charge in [-0.3, -0.25) is 4.79 Å². The van der Waals surface area contributed by atoms with Crippen molar-refractivity contribution in [2.24, 2.45) is 4.99 Å². The van der Waals surface area contributed by atoms with Gasteiger partial charge in [-0.25, -0.2) is 9.79 Å². The number of hydrogen-bond acceptors (Lipinski definition) is 5. The monoisotopic (exact) mass is 380 g/mol. The number of amidine groups is 1. The average molecular weight is 380 g/mol. The van der Waals surface area contributed by atoms with Crippen molar-refractivity contribution in [2.75, 3.05) is 6.61 Å². The van der Waals surface area contributed by atoms with Gasteiger partial charge in [0.05, 0.1) is 16.2 Å². The predicted octanol–water partition coefficient (Wildman–Crippen LogP) is 3.84. The van der Waals surface area contributed by atoms with E-state index in [0.29, 0.717) is 22.4 Å². The molecular weight excluding hydrogens is 364 g/mol. The number of amides is 1. The number of ether oxygens (including phenoxy) is 1. The molecule has 2 N–H and O–H groups in total. The number of aromatic carboxylic acids is 1. The lowest BCUT2D eigenvalue weighted by Gasteiger charge is -2.03. The number of aliphatic imine (C=N–C) groups is 1. The topological polar surface area (TPSA) is 88.0 Å². The normalized spacial score (nSPS) is 16.4. The highest BCUT2D eigenvalue weighted by Gasteiger charge is 2.24. The molecule has 1 amide bonds. The van der Waals surface area contributed by atoms with Crippen molar-refractivity contribution in [3.05, 3.63) is 77.2 Å². The van der Waals surface area contributed by atoms with Crippen LogP contribution in [0.2, 0.25) is 0 Å². The van der Waals surface area contributed by atoms with Gasteiger partial charge in [0.15, 0.2) is 5.17 Å². The molecule has 136 valence electrons. The van der Waals surface area contributed by atoms with E-state index in [0.717, 1.165) is 17.3 Å². The first kappa shape index (κ1) is 18.5. The number of nitrogens with one attached hydrogen (secondary N) is 1. The summed E-state index contributed by atoms with van der Waals surface area (Å²) < 4.78 is 5.42. The van der Waals surface area contributed by atoms with Crippen LogP contribution < -0.4 is 10.1 Å². The number of carboxylic acid groups (broad SMARTS) is 1. The number of para-hydroxylation sites is 1. The summed E-state index contributed by atoms with van der Waals surface area (Å²) in [6.45, 7) is 4.02. The Morgan fingerprint density at radius 2 is 1.96 bits per heavy atom. The fourth-order valence-corrected chi connectivity index (χ4v) is 3.14. The van der Waals surface area contributed by atoms with Crippen LogP contribution >= 0.6 is 11.8 Å². The fraction of sp³-hybridized carbons (Fsp3) is 0.0500. The lowest BCUT2D eigenvalue weighted by molar-refractivity contribution is -0.115. The number of carboxylic acids is 1. The van der Waals surface area contributed by atoms with E-state index in [9.17, 15) is 14.7 Å². The van der Waals surface area contributed by atoms with Crippen molar-refractivity contribution >= 4 is 40.6 Å². The van der Waals surface area contributed by atoms with E-state index >= 15 is 0 Å². The zero-order valence-corrected chi connectivity index (χ0v) is 15.0. The Morgan fingerprint density at radius 1 is 1.22 bits per heavy atom. The van der Waals surface area contributed by atoms with Gasteiger partial charge in [-0.2, -0.15) is 0 Å². The highest BCUT2D eigenvalue weighted by molar-refractivity contribution is 8.18. The van der Waals surface area contributed by atoms with Gasteiger partial charge in [-0.15, -0.1) is 0 Å². The maximum Gasteiger partial charge on any atom is 0.337 e. The summed E-state index contributed by atoms with van der Waals surface area (Å²) in [4.78, 5) is 28.2. The molecule has 1 saturated heterocycles. The Bertz CT molecular complexity index is 949. The molecule has 1 aliphatic heterocycles. The van der Waals surface area contributed by atoms with E-state index in [1.165, 1.54) is 6.07 Å². The third-order valence-corrected chi connectivity index (χ3v) is 4.46. The zero-order valence-electron chi connectivity index (χ0n) is 14.2. The van der Waals surface area contributed by atoms with Gasteiger partial charge in [-0.05, 0) is 47.7 Å². The molecule has 0 aliphatic carbocycles. The summed E-state index contributed by atoms with van der Waals surface area (Å²) in [5, 5.41) is 12.2. The van der Waals surface area contributed by atoms with Crippen molar-refractivity contribution in [1.29, 1.82) is 0 Å². The van der Waals surface area contributed by atoms with Gasteiger partial charge >= 0.3 is 5.97 Å². The third kappa shape index (κ3) is 4.65. The van der Waals surface area contributed by atoms with E-state index in [1.54, 1.807) is 30.4 Å². The predicted molar refractivity (Wildman–Crippen MR) is 106 cm³/mol. The molecule has 0 saturated carbocycles. The second-order valence-electron chi connectivity index (χ2n) is 5.47. The maximum absolute atomic E-state index is 12.2. The van der Waals surface area contributed by atoms with Gasteiger partial charge in [0, 0.05) is 0 Å². The molecule has 0 bridgehead atoms. The molecule has 0 unspecified atom stereocenters. The van der Waals surface area contributed by atoms with E-state index in [1.807, 2.05) is 24.3 Å². The van der Waals surface area contributed by atoms with Crippen LogP contribution in [0.3, 0.4) is 0 Å². The second-order valence-corrected chi connectivity index (χ2v) is 6.50. The standard InChI is InChI=1S/C20H16N2O4S/c1-2-11-26-14-9-7-13(8-10-14)12-17-18(23)22-20(27-17)21-16-6-4-3-5-15(16)19(24)25/h2-10,12H,1,11H2,(H,24,25)(H,21,22,23)/b17-12-. The molecule has 1 fully saturated rings. The molecule has 0 spiro atoms. The number of nitrogens with zero attached hydrogens (tertiary/aromatic N) is 1. The Hall–Kier alpha value is -3.32. The summed E-state index contributed by atoms with van der Waals surface area (Å²) in [7, 11) is 0. The molecule has 1 heterocycles. The van der Waals surface area contributed by atoms with Gasteiger partial charge < -0.3 is 15.2 Å². The maximum atomic E-state index is 12.2. The van der Waals surface area contributed by atoms with Crippen molar-refractivity contribution < 1.29 is 19.4 Å². The molecule has 2 aromatic rings. The van der Waals surface area contributed by atoms with Crippen LogP contribution in [0.1, 0.15) is 15.9 Å². The first-order valence-electron chi connectivity index (χ1n) is 8.02. The van der Waals surface area contributed by atoms with E-state index in [4.69, 9.17) is 4.74 Å². The first-order chi connectivity index (χ1) is 13.1. The zero-order chi connectivity index (χ0) is 19.2. The Balaban J connectivity index is 1.78. The molecular formula is C20H16N2O4S. The Kier molecular flexibility index (Phi) is 5.73. The molecule has 6 nitrogen and oxygen atoms in total. The highest BCUT2D eigenvalue weighted by Crippen LogP contribution is 2.29. The van der Waals surface area contributed by atoms with Gasteiger partial charge in [0.25, 0.3) is 5.91 Å². The fourth-order valence-electron chi connectivity index (χ4n) is 2.31.